The topological polar surface area (TPSA) is 35.0 Å². The maximum absolute atomic E-state index is 5.15. The zero-order chi connectivity index (χ0) is 9.80. The van der Waals surface area contributed by atoms with Crippen LogP contribution in [0.3, 0.4) is 0 Å². The van der Waals surface area contributed by atoms with Gasteiger partial charge in [-0.05, 0) is 5.56 Å². The molecule has 0 aliphatic heterocycles. The molecule has 0 radical (unpaired) electrons. The van der Waals surface area contributed by atoms with E-state index < -0.39 is 0 Å². The third-order valence-corrected chi connectivity index (χ3v) is 1.95. The number of hydrogen-bond acceptors (Lipinski definition) is 3. The quantitative estimate of drug-likeness (QED) is 0.720. The molecule has 0 atom stereocenters. The fourth-order valence-electron chi connectivity index (χ4n) is 1.30. The number of ether oxygens (including phenoxy) is 1. The molecule has 2 rings (SSSR count). The normalized spacial score (nSPS) is 9.79. The Labute approximate surface area is 82.4 Å². The Morgan fingerprint density at radius 1 is 1.14 bits per heavy atom. The summed E-state index contributed by atoms with van der Waals surface area (Å²) < 4.78 is 5.15. The Balaban J connectivity index is 2.51. The number of rotatable bonds is 2. The molecule has 2 aromatic rings. The van der Waals surface area contributed by atoms with Gasteiger partial charge in [-0.25, -0.2) is 9.97 Å². The largest absolute Gasteiger partial charge is 0.480 e. The maximum Gasteiger partial charge on any atom is 0.224 e. The molecule has 0 saturated carbocycles. The molecule has 0 aliphatic rings. The summed E-state index contributed by atoms with van der Waals surface area (Å²) in [7, 11) is 1.61. The van der Waals surface area contributed by atoms with Crippen molar-refractivity contribution in [2.24, 2.45) is 0 Å². The van der Waals surface area contributed by atoms with Crippen molar-refractivity contribution in [3.8, 4) is 17.0 Å². The van der Waals surface area contributed by atoms with Gasteiger partial charge in [0, 0.05) is 6.20 Å². The van der Waals surface area contributed by atoms with Crippen molar-refractivity contribution in [2.45, 2.75) is 0 Å². The second kappa shape index (κ2) is 3.87. The van der Waals surface area contributed by atoms with Gasteiger partial charge in [-0.3, -0.25) is 0 Å². The van der Waals surface area contributed by atoms with Crippen molar-refractivity contribution in [2.75, 3.05) is 7.11 Å². The van der Waals surface area contributed by atoms with Gasteiger partial charge < -0.3 is 4.74 Å². The van der Waals surface area contributed by atoms with Crippen LogP contribution in [0, 0.1) is 0 Å². The van der Waals surface area contributed by atoms with Crippen LogP contribution >= 0.6 is 0 Å². The fraction of sp³-hybridized carbons (Fsp3) is 0.0909. The van der Waals surface area contributed by atoms with Crippen LogP contribution in [0.4, 0.5) is 0 Å². The summed E-state index contributed by atoms with van der Waals surface area (Å²) in [4.78, 5) is 8.02. The van der Waals surface area contributed by atoms with Crippen molar-refractivity contribution in [3.05, 3.63) is 42.9 Å². The summed E-state index contributed by atoms with van der Waals surface area (Å²) in [5, 5.41) is 0. The van der Waals surface area contributed by atoms with E-state index in [1.807, 2.05) is 30.3 Å². The number of aromatic nitrogens is 2. The summed E-state index contributed by atoms with van der Waals surface area (Å²) in [5.41, 5.74) is 1.97. The molecule has 1 aromatic carbocycles. The first-order valence-electron chi connectivity index (χ1n) is 4.31. The van der Waals surface area contributed by atoms with Gasteiger partial charge >= 0.3 is 0 Å². The standard InChI is InChI=1S/C11H10N2O/c1-14-11-10(7-12-8-13-11)9-5-3-2-4-6-9/h2-8H,1H3. The Hall–Kier alpha value is -1.90. The smallest absolute Gasteiger partial charge is 0.224 e. The predicted molar refractivity (Wildman–Crippen MR) is 54.0 cm³/mol. The van der Waals surface area contributed by atoms with Gasteiger partial charge in [0.2, 0.25) is 5.88 Å². The highest BCUT2D eigenvalue weighted by atomic mass is 16.5. The average Bonchev–Trinajstić information content (AvgIpc) is 2.30. The highest BCUT2D eigenvalue weighted by molar-refractivity contribution is 5.67. The Kier molecular flexibility index (Phi) is 2.40. The predicted octanol–water partition coefficient (Wildman–Crippen LogP) is 2.15. The van der Waals surface area contributed by atoms with E-state index in [1.54, 1.807) is 13.3 Å². The van der Waals surface area contributed by atoms with Gasteiger partial charge in [-0.2, -0.15) is 0 Å². The van der Waals surface area contributed by atoms with E-state index in [1.165, 1.54) is 6.33 Å². The van der Waals surface area contributed by atoms with Crippen LogP contribution < -0.4 is 4.74 Å². The van der Waals surface area contributed by atoms with Crippen LogP contribution in [0.15, 0.2) is 42.9 Å². The fourth-order valence-corrected chi connectivity index (χ4v) is 1.30. The van der Waals surface area contributed by atoms with Gasteiger partial charge in [0.05, 0.1) is 12.7 Å². The van der Waals surface area contributed by atoms with Gasteiger partial charge in [0.15, 0.2) is 0 Å². The van der Waals surface area contributed by atoms with E-state index >= 15 is 0 Å². The van der Waals surface area contributed by atoms with Crippen molar-refractivity contribution in [1.82, 2.24) is 9.97 Å². The maximum atomic E-state index is 5.15. The highest BCUT2D eigenvalue weighted by Gasteiger charge is 2.05. The lowest BCUT2D eigenvalue weighted by molar-refractivity contribution is 0.398. The molecule has 1 aromatic heterocycles. The number of hydrogen-bond donors (Lipinski definition) is 0. The number of nitrogens with zero attached hydrogens (tertiary/aromatic N) is 2. The van der Waals surface area contributed by atoms with Gasteiger partial charge in [-0.1, -0.05) is 30.3 Å². The third-order valence-electron chi connectivity index (χ3n) is 1.95. The Morgan fingerprint density at radius 2 is 1.93 bits per heavy atom. The van der Waals surface area contributed by atoms with Gasteiger partial charge in [0.25, 0.3) is 0 Å². The van der Waals surface area contributed by atoms with Crippen molar-refractivity contribution < 1.29 is 4.74 Å². The minimum absolute atomic E-state index is 0.603. The van der Waals surface area contributed by atoms with Crippen LogP contribution in [0.5, 0.6) is 5.88 Å². The van der Waals surface area contributed by atoms with Gasteiger partial charge in [0.1, 0.15) is 6.33 Å². The summed E-state index contributed by atoms with van der Waals surface area (Å²) in [6.45, 7) is 0. The lowest BCUT2D eigenvalue weighted by Crippen LogP contribution is -1.91. The summed E-state index contributed by atoms with van der Waals surface area (Å²) in [6, 6.07) is 9.92. The van der Waals surface area contributed by atoms with Crippen LogP contribution in [-0.4, -0.2) is 17.1 Å². The second-order valence-corrected chi connectivity index (χ2v) is 2.81. The zero-order valence-corrected chi connectivity index (χ0v) is 7.84. The van der Waals surface area contributed by atoms with E-state index in [9.17, 15) is 0 Å². The van der Waals surface area contributed by atoms with Crippen molar-refractivity contribution in [1.29, 1.82) is 0 Å². The summed E-state index contributed by atoms with van der Waals surface area (Å²) in [5.74, 6) is 0.603. The molecule has 0 saturated heterocycles. The van der Waals surface area contributed by atoms with Crippen molar-refractivity contribution >= 4 is 0 Å². The first-order chi connectivity index (χ1) is 6.92. The molecule has 0 fully saturated rings. The highest BCUT2D eigenvalue weighted by Crippen LogP contribution is 2.25. The third kappa shape index (κ3) is 1.57. The number of methoxy groups -OCH3 is 1. The molecule has 3 heteroatoms. The lowest BCUT2D eigenvalue weighted by atomic mass is 10.1. The first-order valence-corrected chi connectivity index (χ1v) is 4.31. The minimum Gasteiger partial charge on any atom is -0.480 e. The molecule has 3 nitrogen and oxygen atoms in total. The van der Waals surface area contributed by atoms with Crippen LogP contribution in [0.25, 0.3) is 11.1 Å². The average molecular weight is 186 g/mol. The SMILES string of the molecule is COc1ncncc1-c1ccccc1. The molecule has 0 unspecified atom stereocenters. The van der Waals surface area contributed by atoms with Crippen molar-refractivity contribution in [3.63, 3.8) is 0 Å². The number of benzene rings is 1. The van der Waals surface area contributed by atoms with Crippen LogP contribution in [-0.2, 0) is 0 Å². The molecule has 0 bridgehead atoms. The molecule has 70 valence electrons. The molecule has 14 heavy (non-hydrogen) atoms. The first kappa shape index (κ1) is 8.69. The molecule has 0 amide bonds. The van der Waals surface area contributed by atoms with E-state index in [0.717, 1.165) is 11.1 Å². The van der Waals surface area contributed by atoms with Crippen LogP contribution in [0.2, 0.25) is 0 Å². The molecule has 0 aliphatic carbocycles. The second-order valence-electron chi connectivity index (χ2n) is 2.81. The van der Waals surface area contributed by atoms with E-state index in [2.05, 4.69) is 9.97 Å². The lowest BCUT2D eigenvalue weighted by Gasteiger charge is -2.05. The van der Waals surface area contributed by atoms with E-state index in [4.69, 9.17) is 4.74 Å². The van der Waals surface area contributed by atoms with E-state index in [0.29, 0.717) is 5.88 Å². The molecular weight excluding hydrogens is 176 g/mol. The summed E-state index contributed by atoms with van der Waals surface area (Å²) in [6.07, 6.45) is 3.23. The summed E-state index contributed by atoms with van der Waals surface area (Å²) >= 11 is 0. The minimum atomic E-state index is 0.603. The van der Waals surface area contributed by atoms with E-state index in [-0.39, 0.29) is 0 Å². The molecule has 0 spiro atoms. The molecule has 0 N–H and O–H groups in total. The van der Waals surface area contributed by atoms with Gasteiger partial charge in [-0.15, -0.1) is 0 Å². The molecule has 1 heterocycles. The van der Waals surface area contributed by atoms with Crippen LogP contribution in [0.1, 0.15) is 0 Å². The Morgan fingerprint density at radius 3 is 2.64 bits per heavy atom. The zero-order valence-electron chi connectivity index (χ0n) is 7.84. The molecular formula is C11H10N2O. The monoisotopic (exact) mass is 186 g/mol. The Bertz CT molecular complexity index is 415.